The van der Waals surface area contributed by atoms with Crippen LogP contribution in [-0.4, -0.2) is 4.98 Å². The summed E-state index contributed by atoms with van der Waals surface area (Å²) < 4.78 is 0. The van der Waals surface area contributed by atoms with E-state index in [2.05, 4.69) is 36.2 Å². The molecule has 0 aliphatic carbocycles. The molecule has 0 fully saturated rings. The topological polar surface area (TPSA) is 39.6 Å². The molecule has 0 aliphatic heterocycles. The number of nitriles is 1. The summed E-state index contributed by atoms with van der Waals surface area (Å²) in [6, 6.07) is 10.5. The van der Waals surface area contributed by atoms with Gasteiger partial charge in [-0.05, 0) is 22.9 Å². The molecule has 0 saturated heterocycles. The van der Waals surface area contributed by atoms with E-state index in [0.717, 1.165) is 5.52 Å². The molecule has 0 bridgehead atoms. The van der Waals surface area contributed by atoms with Crippen LogP contribution in [0.25, 0.3) is 10.9 Å². The third kappa shape index (κ3) is 1.38. The van der Waals surface area contributed by atoms with Crippen LogP contribution < -0.4 is 0 Å². The summed E-state index contributed by atoms with van der Waals surface area (Å²) in [5.41, 5.74) is 2.39. The van der Waals surface area contributed by atoms with Crippen LogP contribution in [0.1, 0.15) is 24.8 Å². The van der Waals surface area contributed by atoms with Crippen LogP contribution in [0.15, 0.2) is 30.5 Å². The van der Waals surface area contributed by atoms with Gasteiger partial charge >= 0.3 is 0 Å². The van der Waals surface area contributed by atoms with Crippen LogP contribution in [-0.2, 0) is 0 Å². The van der Waals surface area contributed by atoms with Crippen LogP contribution in [0.2, 0.25) is 0 Å². The van der Waals surface area contributed by atoms with E-state index in [1.807, 2.05) is 12.3 Å². The van der Waals surface area contributed by atoms with Gasteiger partial charge in [-0.15, -0.1) is 0 Å². The van der Waals surface area contributed by atoms with Crippen molar-refractivity contribution >= 4 is 10.9 Å². The van der Waals surface area contributed by atoms with Crippen molar-refractivity contribution in [2.75, 3.05) is 0 Å². The Morgan fingerprint density at radius 2 is 2.29 bits per heavy atom. The summed E-state index contributed by atoms with van der Waals surface area (Å²) in [6.45, 7) is 2.08. The fourth-order valence-corrected chi connectivity index (χ4v) is 1.77. The highest BCUT2D eigenvalue weighted by Crippen LogP contribution is 2.25. The number of fused-ring (bicyclic) bond motifs is 1. The van der Waals surface area contributed by atoms with Crippen LogP contribution in [0.4, 0.5) is 0 Å². The highest BCUT2D eigenvalue weighted by atomic mass is 14.7. The van der Waals surface area contributed by atoms with Crippen LogP contribution in [0, 0.1) is 11.3 Å². The number of nitrogens with one attached hydrogen (secondary N) is 1. The standard InChI is InChI=1S/C12H12N2/c1-9(5-7-13)11-4-2-3-10-6-8-14-12(10)11/h2-4,6,8-9,14H,5H2,1H3. The van der Waals surface area contributed by atoms with Gasteiger partial charge in [0.2, 0.25) is 0 Å². The fourth-order valence-electron chi connectivity index (χ4n) is 1.77. The molecular formula is C12H12N2. The van der Waals surface area contributed by atoms with Gasteiger partial charge in [0, 0.05) is 18.1 Å². The average molecular weight is 184 g/mol. The quantitative estimate of drug-likeness (QED) is 0.764. The average Bonchev–Trinajstić information content (AvgIpc) is 2.65. The first-order valence-electron chi connectivity index (χ1n) is 4.76. The van der Waals surface area contributed by atoms with E-state index < -0.39 is 0 Å². The van der Waals surface area contributed by atoms with E-state index in [9.17, 15) is 0 Å². The second-order valence-corrected chi connectivity index (χ2v) is 3.55. The number of H-pyrrole nitrogens is 1. The number of rotatable bonds is 2. The lowest BCUT2D eigenvalue weighted by molar-refractivity contribution is 0.794. The summed E-state index contributed by atoms with van der Waals surface area (Å²) in [5, 5.41) is 9.88. The number of aromatic amines is 1. The van der Waals surface area contributed by atoms with Gasteiger partial charge in [-0.3, -0.25) is 0 Å². The Labute approximate surface area is 83.2 Å². The highest BCUT2D eigenvalue weighted by molar-refractivity contribution is 5.82. The summed E-state index contributed by atoms with van der Waals surface area (Å²) in [5.74, 6) is 0.294. The predicted octanol–water partition coefficient (Wildman–Crippen LogP) is 3.19. The molecule has 0 amide bonds. The maximum Gasteiger partial charge on any atom is 0.0628 e. The van der Waals surface area contributed by atoms with Crippen LogP contribution >= 0.6 is 0 Å². The van der Waals surface area contributed by atoms with Crippen molar-refractivity contribution in [3.63, 3.8) is 0 Å². The first-order chi connectivity index (χ1) is 6.83. The van der Waals surface area contributed by atoms with Crippen molar-refractivity contribution in [2.24, 2.45) is 0 Å². The molecule has 0 radical (unpaired) electrons. The predicted molar refractivity (Wildman–Crippen MR) is 56.9 cm³/mol. The lowest BCUT2D eigenvalue weighted by Crippen LogP contribution is -1.92. The Morgan fingerprint density at radius 3 is 3.07 bits per heavy atom. The van der Waals surface area contributed by atoms with E-state index in [4.69, 9.17) is 5.26 Å². The van der Waals surface area contributed by atoms with Gasteiger partial charge in [0.25, 0.3) is 0 Å². The van der Waals surface area contributed by atoms with E-state index in [0.29, 0.717) is 12.3 Å². The summed E-state index contributed by atoms with van der Waals surface area (Å²) in [4.78, 5) is 3.22. The Bertz CT molecular complexity index is 476. The van der Waals surface area contributed by atoms with E-state index in [1.54, 1.807) is 0 Å². The molecule has 2 nitrogen and oxygen atoms in total. The Balaban J connectivity index is 2.51. The molecule has 2 aromatic rings. The van der Waals surface area contributed by atoms with Gasteiger partial charge in [0.05, 0.1) is 6.07 Å². The molecule has 14 heavy (non-hydrogen) atoms. The summed E-state index contributed by atoms with van der Waals surface area (Å²) in [7, 11) is 0. The molecule has 0 saturated carbocycles. The molecule has 1 N–H and O–H groups in total. The zero-order chi connectivity index (χ0) is 9.97. The van der Waals surface area contributed by atoms with Crippen LogP contribution in [0.5, 0.6) is 0 Å². The first kappa shape index (κ1) is 8.83. The molecule has 1 unspecified atom stereocenters. The molecule has 2 heteroatoms. The third-order valence-electron chi connectivity index (χ3n) is 2.55. The monoisotopic (exact) mass is 184 g/mol. The van der Waals surface area contributed by atoms with Crippen molar-refractivity contribution in [2.45, 2.75) is 19.3 Å². The Hall–Kier alpha value is -1.75. The van der Waals surface area contributed by atoms with Crippen molar-refractivity contribution in [3.05, 3.63) is 36.0 Å². The lowest BCUT2D eigenvalue weighted by Gasteiger charge is -2.08. The minimum absolute atomic E-state index is 0.294. The second kappa shape index (κ2) is 3.55. The Kier molecular flexibility index (Phi) is 2.24. The number of hydrogen-bond donors (Lipinski definition) is 1. The zero-order valence-electron chi connectivity index (χ0n) is 8.12. The molecule has 70 valence electrons. The maximum absolute atomic E-state index is 8.66. The van der Waals surface area contributed by atoms with Crippen molar-refractivity contribution in [1.82, 2.24) is 4.98 Å². The van der Waals surface area contributed by atoms with Gasteiger partial charge in [-0.1, -0.05) is 25.1 Å². The molecule has 1 heterocycles. The third-order valence-corrected chi connectivity index (χ3v) is 2.55. The van der Waals surface area contributed by atoms with E-state index in [1.165, 1.54) is 10.9 Å². The number of nitrogens with zero attached hydrogens (tertiary/aromatic N) is 1. The van der Waals surface area contributed by atoms with Crippen LogP contribution in [0.3, 0.4) is 0 Å². The molecule has 1 atom stereocenters. The fraction of sp³-hybridized carbons (Fsp3) is 0.250. The van der Waals surface area contributed by atoms with E-state index >= 15 is 0 Å². The van der Waals surface area contributed by atoms with Crippen molar-refractivity contribution < 1.29 is 0 Å². The summed E-state index contributed by atoms with van der Waals surface area (Å²) >= 11 is 0. The second-order valence-electron chi connectivity index (χ2n) is 3.55. The molecule has 1 aromatic heterocycles. The number of para-hydroxylation sites is 1. The van der Waals surface area contributed by atoms with Gasteiger partial charge < -0.3 is 4.98 Å². The first-order valence-corrected chi connectivity index (χ1v) is 4.76. The van der Waals surface area contributed by atoms with Gasteiger partial charge in [-0.25, -0.2) is 0 Å². The van der Waals surface area contributed by atoms with Gasteiger partial charge in [0.1, 0.15) is 0 Å². The highest BCUT2D eigenvalue weighted by Gasteiger charge is 2.08. The largest absolute Gasteiger partial charge is 0.361 e. The number of aromatic nitrogens is 1. The van der Waals surface area contributed by atoms with Crippen molar-refractivity contribution in [1.29, 1.82) is 5.26 Å². The minimum Gasteiger partial charge on any atom is -0.361 e. The molecule has 1 aromatic carbocycles. The van der Waals surface area contributed by atoms with E-state index in [-0.39, 0.29) is 0 Å². The molecular weight excluding hydrogens is 172 g/mol. The number of benzene rings is 1. The maximum atomic E-state index is 8.66. The van der Waals surface area contributed by atoms with Crippen molar-refractivity contribution in [3.8, 4) is 6.07 Å². The molecule has 0 aliphatic rings. The number of hydrogen-bond acceptors (Lipinski definition) is 1. The molecule has 2 rings (SSSR count). The normalized spacial score (nSPS) is 12.6. The summed E-state index contributed by atoms with van der Waals surface area (Å²) in [6.07, 6.45) is 2.51. The van der Waals surface area contributed by atoms with Gasteiger partial charge in [0.15, 0.2) is 0 Å². The molecule has 0 spiro atoms. The smallest absolute Gasteiger partial charge is 0.0628 e. The lowest BCUT2D eigenvalue weighted by atomic mass is 9.96. The van der Waals surface area contributed by atoms with Gasteiger partial charge in [-0.2, -0.15) is 5.26 Å². The Morgan fingerprint density at radius 1 is 1.43 bits per heavy atom. The zero-order valence-corrected chi connectivity index (χ0v) is 8.12. The minimum atomic E-state index is 0.294. The SMILES string of the molecule is CC(CC#N)c1cccc2cc[nH]c12.